The molecule has 0 saturated carbocycles. The fourth-order valence-corrected chi connectivity index (χ4v) is 1.04. The molecule has 0 radical (unpaired) electrons. The van der Waals surface area contributed by atoms with Gasteiger partial charge in [0.25, 0.3) is 0 Å². The summed E-state index contributed by atoms with van der Waals surface area (Å²) in [5, 5.41) is 11.2. The summed E-state index contributed by atoms with van der Waals surface area (Å²) in [6, 6.07) is -1.12. The van der Waals surface area contributed by atoms with E-state index in [9.17, 15) is 9.59 Å². The van der Waals surface area contributed by atoms with Crippen molar-refractivity contribution in [1.82, 2.24) is 5.32 Å². The van der Waals surface area contributed by atoms with Gasteiger partial charge in [0.1, 0.15) is 5.60 Å². The largest absolute Gasteiger partial charge is 0.480 e. The quantitative estimate of drug-likeness (QED) is 0.570. The molecule has 1 atom stereocenters. The van der Waals surface area contributed by atoms with Gasteiger partial charge in [-0.15, -0.1) is 0 Å². The fraction of sp³-hybridized carbons (Fsp3) is 0.692. The summed E-state index contributed by atoms with van der Waals surface area (Å²) < 4.78 is 10.2. The number of alkyl carbamates (subject to hydrolysis) is 1. The Kier molecular flexibility index (Phi) is 7.14. The summed E-state index contributed by atoms with van der Waals surface area (Å²) in [7, 11) is 0. The number of allylic oxidation sites excluding steroid dienone is 1. The van der Waals surface area contributed by atoms with Crippen molar-refractivity contribution < 1.29 is 24.2 Å². The Bertz CT molecular complexity index is 339. The van der Waals surface area contributed by atoms with Gasteiger partial charge in [-0.25, -0.2) is 9.59 Å². The van der Waals surface area contributed by atoms with E-state index in [4.69, 9.17) is 14.6 Å². The highest BCUT2D eigenvalue weighted by Crippen LogP contribution is 2.06. The predicted molar refractivity (Wildman–Crippen MR) is 71.0 cm³/mol. The molecule has 0 heterocycles. The minimum atomic E-state index is -1.16. The Morgan fingerprint density at radius 1 is 1.32 bits per heavy atom. The average Bonchev–Trinajstić information content (AvgIpc) is 2.19. The Labute approximate surface area is 113 Å². The standard InChI is InChI=1S/C13H23NO5/c1-9(2)6-7-18-8-10(11(15)16)14-12(17)19-13(3,4)5/h6,10H,7-8H2,1-5H3,(H,14,17)(H,15,16)/t10-/m0/s1. The topological polar surface area (TPSA) is 84.9 Å². The van der Waals surface area contributed by atoms with Crippen molar-refractivity contribution >= 4 is 12.1 Å². The predicted octanol–water partition coefficient (Wildman–Crippen LogP) is 1.95. The molecule has 0 aliphatic rings. The van der Waals surface area contributed by atoms with E-state index >= 15 is 0 Å². The molecule has 19 heavy (non-hydrogen) atoms. The minimum Gasteiger partial charge on any atom is -0.480 e. The molecule has 6 nitrogen and oxygen atoms in total. The lowest BCUT2D eigenvalue weighted by atomic mass is 10.2. The molecular weight excluding hydrogens is 250 g/mol. The van der Waals surface area contributed by atoms with E-state index in [2.05, 4.69) is 5.32 Å². The lowest BCUT2D eigenvalue weighted by Crippen LogP contribution is -2.46. The number of aliphatic carboxylic acids is 1. The molecule has 6 heteroatoms. The highest BCUT2D eigenvalue weighted by atomic mass is 16.6. The van der Waals surface area contributed by atoms with Gasteiger partial charge in [0.05, 0.1) is 13.2 Å². The molecule has 0 unspecified atom stereocenters. The smallest absolute Gasteiger partial charge is 0.408 e. The molecule has 1 amide bonds. The number of carboxylic acids is 1. The second kappa shape index (κ2) is 7.78. The molecule has 0 fully saturated rings. The Morgan fingerprint density at radius 2 is 1.89 bits per heavy atom. The van der Waals surface area contributed by atoms with Crippen LogP contribution in [0.5, 0.6) is 0 Å². The van der Waals surface area contributed by atoms with Gasteiger partial charge in [0.15, 0.2) is 6.04 Å². The van der Waals surface area contributed by atoms with Gasteiger partial charge in [-0.05, 0) is 34.6 Å². The van der Waals surface area contributed by atoms with E-state index in [-0.39, 0.29) is 6.61 Å². The number of nitrogens with one attached hydrogen (secondary N) is 1. The highest BCUT2D eigenvalue weighted by molar-refractivity contribution is 5.80. The number of rotatable bonds is 6. The maximum Gasteiger partial charge on any atom is 0.408 e. The average molecular weight is 273 g/mol. The third kappa shape index (κ3) is 10.1. The van der Waals surface area contributed by atoms with Crippen molar-refractivity contribution in [2.45, 2.75) is 46.3 Å². The van der Waals surface area contributed by atoms with Crippen LogP contribution < -0.4 is 5.32 Å². The van der Waals surface area contributed by atoms with Crippen molar-refractivity contribution in [2.24, 2.45) is 0 Å². The Morgan fingerprint density at radius 3 is 2.32 bits per heavy atom. The lowest BCUT2D eigenvalue weighted by molar-refractivity contribution is -0.141. The van der Waals surface area contributed by atoms with Crippen molar-refractivity contribution in [3.8, 4) is 0 Å². The molecule has 0 aromatic rings. The second-order valence-electron chi connectivity index (χ2n) is 5.36. The maximum absolute atomic E-state index is 11.5. The first kappa shape index (κ1) is 17.4. The minimum absolute atomic E-state index is 0.113. The maximum atomic E-state index is 11.5. The first-order valence-electron chi connectivity index (χ1n) is 6.05. The number of carboxylic acid groups (broad SMARTS) is 1. The molecule has 0 aliphatic heterocycles. The normalized spacial score (nSPS) is 12.5. The van der Waals surface area contributed by atoms with E-state index in [1.54, 1.807) is 20.8 Å². The van der Waals surface area contributed by atoms with Crippen LogP contribution in [0.1, 0.15) is 34.6 Å². The number of amides is 1. The van der Waals surface area contributed by atoms with Crippen LogP contribution in [0, 0.1) is 0 Å². The molecule has 0 aromatic carbocycles. The summed E-state index contributed by atoms with van der Waals surface area (Å²) in [6.45, 7) is 9.13. The molecule has 110 valence electrons. The zero-order valence-electron chi connectivity index (χ0n) is 12.1. The number of carbonyl (C=O) groups is 2. The van der Waals surface area contributed by atoms with E-state index in [0.717, 1.165) is 5.57 Å². The van der Waals surface area contributed by atoms with Crippen molar-refractivity contribution in [3.63, 3.8) is 0 Å². The van der Waals surface area contributed by atoms with Crippen molar-refractivity contribution in [2.75, 3.05) is 13.2 Å². The number of hydrogen-bond acceptors (Lipinski definition) is 4. The zero-order chi connectivity index (χ0) is 15.1. The van der Waals surface area contributed by atoms with Gasteiger partial charge in [0, 0.05) is 0 Å². The van der Waals surface area contributed by atoms with E-state index in [0.29, 0.717) is 6.61 Å². The molecule has 0 aromatic heterocycles. The van der Waals surface area contributed by atoms with Crippen LogP contribution in [-0.4, -0.2) is 42.0 Å². The molecule has 2 N–H and O–H groups in total. The third-order valence-electron chi connectivity index (χ3n) is 1.88. The first-order valence-corrected chi connectivity index (χ1v) is 6.05. The van der Waals surface area contributed by atoms with Gasteiger partial charge in [-0.3, -0.25) is 0 Å². The van der Waals surface area contributed by atoms with Crippen LogP contribution in [0.2, 0.25) is 0 Å². The SMILES string of the molecule is CC(C)=CCOC[C@H](NC(=O)OC(C)(C)C)C(=O)O. The van der Waals surface area contributed by atoms with Crippen LogP contribution in [0.25, 0.3) is 0 Å². The van der Waals surface area contributed by atoms with Crippen molar-refractivity contribution in [1.29, 1.82) is 0 Å². The molecule has 0 rings (SSSR count). The molecule has 0 aliphatic carbocycles. The third-order valence-corrected chi connectivity index (χ3v) is 1.88. The van der Waals surface area contributed by atoms with Gasteiger partial charge in [-0.1, -0.05) is 11.6 Å². The van der Waals surface area contributed by atoms with E-state index < -0.39 is 23.7 Å². The van der Waals surface area contributed by atoms with Gasteiger partial charge in [0.2, 0.25) is 0 Å². The fourth-order valence-electron chi connectivity index (χ4n) is 1.04. The summed E-state index contributed by atoms with van der Waals surface area (Å²) in [5.74, 6) is -1.16. The lowest BCUT2D eigenvalue weighted by Gasteiger charge is -2.21. The molecule has 0 bridgehead atoms. The second-order valence-corrected chi connectivity index (χ2v) is 5.36. The van der Waals surface area contributed by atoms with Crippen molar-refractivity contribution in [3.05, 3.63) is 11.6 Å². The van der Waals surface area contributed by atoms with E-state index in [1.807, 2.05) is 19.9 Å². The molecular formula is C13H23NO5. The number of hydrogen-bond donors (Lipinski definition) is 2. The van der Waals surface area contributed by atoms with E-state index in [1.165, 1.54) is 0 Å². The van der Waals surface area contributed by atoms with Crippen LogP contribution in [0.3, 0.4) is 0 Å². The number of carbonyl (C=O) groups excluding carboxylic acids is 1. The summed E-state index contributed by atoms with van der Waals surface area (Å²) in [4.78, 5) is 22.4. The monoisotopic (exact) mass is 273 g/mol. The first-order chi connectivity index (χ1) is 8.61. The van der Waals surface area contributed by atoms with Crippen LogP contribution >= 0.6 is 0 Å². The van der Waals surface area contributed by atoms with Crippen LogP contribution in [0.4, 0.5) is 4.79 Å². The molecule has 0 saturated heterocycles. The number of ether oxygens (including phenoxy) is 2. The Hall–Kier alpha value is -1.56. The zero-order valence-corrected chi connectivity index (χ0v) is 12.1. The summed E-state index contributed by atoms with van der Waals surface area (Å²) in [5.41, 5.74) is 0.405. The molecule has 0 spiro atoms. The summed E-state index contributed by atoms with van der Waals surface area (Å²) in [6.07, 6.45) is 1.05. The summed E-state index contributed by atoms with van der Waals surface area (Å²) >= 11 is 0. The van der Waals surface area contributed by atoms with Crippen LogP contribution in [-0.2, 0) is 14.3 Å². The van der Waals surface area contributed by atoms with Crippen LogP contribution in [0.15, 0.2) is 11.6 Å². The van der Waals surface area contributed by atoms with Gasteiger partial charge in [-0.2, -0.15) is 0 Å². The van der Waals surface area contributed by atoms with Gasteiger partial charge < -0.3 is 19.9 Å². The van der Waals surface area contributed by atoms with Gasteiger partial charge >= 0.3 is 12.1 Å². The highest BCUT2D eigenvalue weighted by Gasteiger charge is 2.23. The Balaban J connectivity index is 4.23.